The van der Waals surface area contributed by atoms with Crippen molar-refractivity contribution in [2.75, 3.05) is 6.61 Å². The van der Waals surface area contributed by atoms with Crippen LogP contribution in [0, 0.1) is 0 Å². The molecule has 0 bridgehead atoms. The average molecular weight is 178 g/mol. The molecule has 0 saturated heterocycles. The van der Waals surface area contributed by atoms with E-state index < -0.39 is 0 Å². The van der Waals surface area contributed by atoms with Crippen molar-refractivity contribution in [1.29, 1.82) is 0 Å². The van der Waals surface area contributed by atoms with Gasteiger partial charge < -0.3 is 9.84 Å². The number of fused-ring (bicyclic) bond motifs is 1. The summed E-state index contributed by atoms with van der Waals surface area (Å²) in [5, 5.41) is 8.72. The number of benzene rings is 1. The highest BCUT2D eigenvalue weighted by Gasteiger charge is 2.21. The van der Waals surface area contributed by atoms with Gasteiger partial charge in [0.25, 0.3) is 0 Å². The van der Waals surface area contributed by atoms with Crippen LogP contribution < -0.4 is 0 Å². The predicted molar refractivity (Wildman–Crippen MR) is 50.3 cm³/mol. The summed E-state index contributed by atoms with van der Waals surface area (Å²) in [5.74, 6) is 0. The molecule has 13 heavy (non-hydrogen) atoms. The quantitative estimate of drug-likeness (QED) is 0.767. The molecule has 2 rings (SSSR count). The number of ether oxygens (including phenoxy) is 1. The van der Waals surface area contributed by atoms with Gasteiger partial charge in [-0.05, 0) is 24.0 Å². The van der Waals surface area contributed by atoms with E-state index in [4.69, 9.17) is 9.84 Å². The van der Waals surface area contributed by atoms with Crippen LogP contribution >= 0.6 is 0 Å². The van der Waals surface area contributed by atoms with Crippen LogP contribution in [0.15, 0.2) is 24.3 Å². The first-order valence-corrected chi connectivity index (χ1v) is 4.72. The number of rotatable bonds is 3. The van der Waals surface area contributed by atoms with Crippen molar-refractivity contribution in [3.8, 4) is 0 Å². The molecule has 1 aliphatic rings. The largest absolute Gasteiger partial charge is 0.396 e. The van der Waals surface area contributed by atoms with Gasteiger partial charge in [-0.3, -0.25) is 0 Å². The van der Waals surface area contributed by atoms with E-state index in [1.807, 2.05) is 12.1 Å². The van der Waals surface area contributed by atoms with E-state index in [1.165, 1.54) is 11.1 Å². The number of hydrogen-bond donors (Lipinski definition) is 1. The molecule has 2 heteroatoms. The van der Waals surface area contributed by atoms with E-state index in [2.05, 4.69) is 12.1 Å². The number of aliphatic hydroxyl groups is 1. The van der Waals surface area contributed by atoms with E-state index in [0.29, 0.717) is 0 Å². The minimum atomic E-state index is 0.211. The number of hydrogen-bond acceptors (Lipinski definition) is 2. The Morgan fingerprint density at radius 1 is 1.38 bits per heavy atom. The minimum absolute atomic E-state index is 0.211. The van der Waals surface area contributed by atoms with Gasteiger partial charge in [0, 0.05) is 6.61 Å². The molecule has 0 amide bonds. The van der Waals surface area contributed by atoms with E-state index in [0.717, 1.165) is 19.4 Å². The second kappa shape index (κ2) is 3.90. The van der Waals surface area contributed by atoms with Crippen LogP contribution in [0.25, 0.3) is 0 Å². The molecule has 0 spiro atoms. The first-order valence-electron chi connectivity index (χ1n) is 4.72. The van der Waals surface area contributed by atoms with Crippen molar-refractivity contribution in [1.82, 2.24) is 0 Å². The summed E-state index contributed by atoms with van der Waals surface area (Å²) in [7, 11) is 0. The standard InChI is InChI=1S/C11H14O2/c12-7-3-6-11-10-5-2-1-4-9(10)8-13-11/h1-2,4-5,11-12H,3,6-8H2. The lowest BCUT2D eigenvalue weighted by Gasteiger charge is -2.09. The summed E-state index contributed by atoms with van der Waals surface area (Å²) in [5.41, 5.74) is 2.60. The molecule has 1 aromatic carbocycles. The first kappa shape index (κ1) is 8.73. The molecule has 1 unspecified atom stereocenters. The summed E-state index contributed by atoms with van der Waals surface area (Å²) in [6.45, 7) is 0.980. The molecular weight excluding hydrogens is 164 g/mol. The molecule has 0 radical (unpaired) electrons. The Hall–Kier alpha value is -0.860. The summed E-state index contributed by atoms with van der Waals surface area (Å²) in [6.07, 6.45) is 1.95. The van der Waals surface area contributed by atoms with Crippen LogP contribution in [0.5, 0.6) is 0 Å². The molecule has 1 atom stereocenters. The summed E-state index contributed by atoms with van der Waals surface area (Å²) in [6, 6.07) is 8.30. The number of aliphatic hydroxyl groups excluding tert-OH is 1. The fourth-order valence-electron chi connectivity index (χ4n) is 1.78. The fourth-order valence-corrected chi connectivity index (χ4v) is 1.78. The van der Waals surface area contributed by atoms with Crippen LogP contribution in [0.2, 0.25) is 0 Å². The normalized spacial score (nSPS) is 20.2. The van der Waals surface area contributed by atoms with Crippen LogP contribution in [-0.2, 0) is 11.3 Å². The van der Waals surface area contributed by atoms with Crippen molar-refractivity contribution in [2.45, 2.75) is 25.6 Å². The van der Waals surface area contributed by atoms with Gasteiger partial charge >= 0.3 is 0 Å². The second-order valence-corrected chi connectivity index (χ2v) is 3.36. The van der Waals surface area contributed by atoms with Crippen LogP contribution in [0.1, 0.15) is 30.1 Å². The highest BCUT2D eigenvalue weighted by atomic mass is 16.5. The Labute approximate surface area is 78.2 Å². The third-order valence-corrected chi connectivity index (χ3v) is 2.47. The molecule has 0 aromatic heterocycles. The van der Waals surface area contributed by atoms with Crippen molar-refractivity contribution in [3.63, 3.8) is 0 Å². The highest BCUT2D eigenvalue weighted by Crippen LogP contribution is 2.33. The Balaban J connectivity index is 2.09. The van der Waals surface area contributed by atoms with Gasteiger partial charge in [0.15, 0.2) is 0 Å². The maximum atomic E-state index is 8.72. The van der Waals surface area contributed by atoms with Gasteiger partial charge in [0.1, 0.15) is 0 Å². The molecule has 0 aliphatic carbocycles. The van der Waals surface area contributed by atoms with E-state index in [9.17, 15) is 0 Å². The van der Waals surface area contributed by atoms with Gasteiger partial charge in [-0.1, -0.05) is 24.3 Å². The lowest BCUT2D eigenvalue weighted by atomic mass is 10.0. The van der Waals surface area contributed by atoms with Crippen LogP contribution in [-0.4, -0.2) is 11.7 Å². The molecule has 2 nitrogen and oxygen atoms in total. The first-order chi connectivity index (χ1) is 6.42. The lowest BCUT2D eigenvalue weighted by Crippen LogP contribution is -1.97. The van der Waals surface area contributed by atoms with E-state index >= 15 is 0 Å². The maximum absolute atomic E-state index is 8.72. The Bertz CT molecular complexity index is 283. The molecule has 1 N–H and O–H groups in total. The lowest BCUT2D eigenvalue weighted by molar-refractivity contribution is 0.0549. The van der Waals surface area contributed by atoms with Gasteiger partial charge in [-0.25, -0.2) is 0 Å². The average Bonchev–Trinajstić information content (AvgIpc) is 2.58. The zero-order chi connectivity index (χ0) is 9.10. The van der Waals surface area contributed by atoms with Crippen LogP contribution in [0.3, 0.4) is 0 Å². The Morgan fingerprint density at radius 2 is 2.23 bits per heavy atom. The summed E-state index contributed by atoms with van der Waals surface area (Å²) >= 11 is 0. The van der Waals surface area contributed by atoms with E-state index in [1.54, 1.807) is 0 Å². The fraction of sp³-hybridized carbons (Fsp3) is 0.455. The topological polar surface area (TPSA) is 29.5 Å². The van der Waals surface area contributed by atoms with Crippen LogP contribution in [0.4, 0.5) is 0 Å². The molecule has 0 saturated carbocycles. The smallest absolute Gasteiger partial charge is 0.0833 e. The molecule has 1 heterocycles. The zero-order valence-corrected chi connectivity index (χ0v) is 7.57. The third kappa shape index (κ3) is 1.74. The summed E-state index contributed by atoms with van der Waals surface area (Å²) < 4.78 is 5.61. The van der Waals surface area contributed by atoms with Crippen molar-refractivity contribution in [3.05, 3.63) is 35.4 Å². The van der Waals surface area contributed by atoms with Gasteiger partial charge in [-0.2, -0.15) is 0 Å². The Morgan fingerprint density at radius 3 is 3.08 bits per heavy atom. The van der Waals surface area contributed by atoms with Gasteiger partial charge in [0.05, 0.1) is 12.7 Å². The SMILES string of the molecule is OCCCC1OCc2ccccc21. The molecular formula is C11H14O2. The van der Waals surface area contributed by atoms with Crippen molar-refractivity contribution < 1.29 is 9.84 Å². The molecule has 1 aliphatic heterocycles. The molecule has 0 fully saturated rings. The zero-order valence-electron chi connectivity index (χ0n) is 7.57. The second-order valence-electron chi connectivity index (χ2n) is 3.36. The molecule has 70 valence electrons. The highest BCUT2D eigenvalue weighted by molar-refractivity contribution is 5.31. The van der Waals surface area contributed by atoms with E-state index in [-0.39, 0.29) is 12.7 Å². The van der Waals surface area contributed by atoms with Gasteiger partial charge in [0.2, 0.25) is 0 Å². The third-order valence-electron chi connectivity index (χ3n) is 2.47. The Kier molecular flexibility index (Phi) is 2.62. The summed E-state index contributed by atoms with van der Waals surface area (Å²) in [4.78, 5) is 0. The minimum Gasteiger partial charge on any atom is -0.396 e. The monoisotopic (exact) mass is 178 g/mol. The molecule has 1 aromatic rings. The maximum Gasteiger partial charge on any atom is 0.0833 e. The van der Waals surface area contributed by atoms with Crippen molar-refractivity contribution >= 4 is 0 Å². The van der Waals surface area contributed by atoms with Crippen molar-refractivity contribution in [2.24, 2.45) is 0 Å². The van der Waals surface area contributed by atoms with Gasteiger partial charge in [-0.15, -0.1) is 0 Å². The predicted octanol–water partition coefficient (Wildman–Crippen LogP) is 2.03.